The zero-order valence-electron chi connectivity index (χ0n) is 16.2. The van der Waals surface area contributed by atoms with E-state index in [0.717, 1.165) is 0 Å². The van der Waals surface area contributed by atoms with Crippen molar-refractivity contribution in [1.29, 1.82) is 0 Å². The Bertz CT molecular complexity index is 900. The minimum Gasteiger partial charge on any atom is -0.496 e. The molecule has 0 spiro atoms. The molecule has 0 unspecified atom stereocenters. The number of ether oxygens (including phenoxy) is 1. The van der Waals surface area contributed by atoms with E-state index in [0.29, 0.717) is 16.9 Å². The second-order valence-electron chi connectivity index (χ2n) is 7.14. The van der Waals surface area contributed by atoms with Gasteiger partial charge in [-0.1, -0.05) is 40.9 Å². The van der Waals surface area contributed by atoms with E-state index < -0.39 is 17.4 Å². The molecule has 2 aromatic carbocycles. The second-order valence-corrected chi connectivity index (χ2v) is 8.33. The van der Waals surface area contributed by atoms with E-state index in [4.69, 9.17) is 39.5 Å². The molecule has 0 bridgehead atoms. The Morgan fingerprint density at radius 2 is 1.64 bits per heavy atom. The predicted molar refractivity (Wildman–Crippen MR) is 113 cm³/mol. The summed E-state index contributed by atoms with van der Waals surface area (Å²) in [7, 11) is 1.53. The largest absolute Gasteiger partial charge is 0.496 e. The number of hydrazine groups is 1. The minimum atomic E-state index is -0.724. The number of halogens is 3. The quantitative estimate of drug-likeness (QED) is 0.500. The molecule has 0 heterocycles. The standard InChI is InChI=1S/C20H21Cl3N2O3/c1-11-13(7-6-8-16(11)28-5)18(26)24-25(20(2,3)4)19(27)12-9-14(21)17(23)15(22)10-12/h6-10H,1-5H3,(H,24,26). The third-order valence-electron chi connectivity index (χ3n) is 4.07. The molecule has 8 heteroatoms. The van der Waals surface area contributed by atoms with Gasteiger partial charge in [0.15, 0.2) is 0 Å². The number of rotatable bonds is 3. The molecule has 0 fully saturated rings. The van der Waals surface area contributed by atoms with E-state index in [2.05, 4.69) is 5.43 Å². The first-order valence-electron chi connectivity index (χ1n) is 8.41. The normalized spacial score (nSPS) is 11.1. The molecule has 0 aliphatic carbocycles. The number of amides is 2. The van der Waals surface area contributed by atoms with Crippen molar-refractivity contribution in [1.82, 2.24) is 10.4 Å². The van der Waals surface area contributed by atoms with Crippen molar-refractivity contribution in [2.45, 2.75) is 33.2 Å². The fraction of sp³-hybridized carbons (Fsp3) is 0.300. The molecule has 2 aromatic rings. The number of nitrogens with one attached hydrogen (secondary N) is 1. The van der Waals surface area contributed by atoms with Gasteiger partial charge in [0.05, 0.1) is 27.7 Å². The van der Waals surface area contributed by atoms with Gasteiger partial charge < -0.3 is 4.74 Å². The van der Waals surface area contributed by atoms with Gasteiger partial charge in [-0.3, -0.25) is 15.0 Å². The van der Waals surface area contributed by atoms with Gasteiger partial charge in [-0.25, -0.2) is 5.01 Å². The van der Waals surface area contributed by atoms with Crippen LogP contribution in [-0.2, 0) is 0 Å². The molecule has 0 atom stereocenters. The van der Waals surface area contributed by atoms with E-state index in [1.165, 1.54) is 24.3 Å². The molecule has 2 rings (SSSR count). The number of hydrogen-bond acceptors (Lipinski definition) is 3. The third-order valence-corrected chi connectivity index (χ3v) is 5.26. The van der Waals surface area contributed by atoms with E-state index in [1.807, 2.05) is 0 Å². The number of carbonyl (C=O) groups excluding carboxylic acids is 2. The molecule has 1 N–H and O–H groups in total. The van der Waals surface area contributed by atoms with Gasteiger partial charge >= 0.3 is 0 Å². The number of benzene rings is 2. The first-order chi connectivity index (χ1) is 13.0. The molecule has 150 valence electrons. The van der Waals surface area contributed by atoms with Gasteiger partial charge in [0.2, 0.25) is 0 Å². The molecule has 0 aromatic heterocycles. The zero-order valence-corrected chi connectivity index (χ0v) is 18.5. The van der Waals surface area contributed by atoms with Crippen LogP contribution in [0.25, 0.3) is 0 Å². The lowest BCUT2D eigenvalue weighted by Gasteiger charge is -2.35. The molecular formula is C20H21Cl3N2O3. The van der Waals surface area contributed by atoms with Crippen LogP contribution in [0.5, 0.6) is 5.75 Å². The number of carbonyl (C=O) groups is 2. The highest BCUT2D eigenvalue weighted by molar-refractivity contribution is 6.48. The fourth-order valence-electron chi connectivity index (χ4n) is 2.57. The first-order valence-corrected chi connectivity index (χ1v) is 9.54. The van der Waals surface area contributed by atoms with Crippen LogP contribution in [0.3, 0.4) is 0 Å². The summed E-state index contributed by atoms with van der Waals surface area (Å²) in [5, 5.41) is 1.71. The molecule has 28 heavy (non-hydrogen) atoms. The highest BCUT2D eigenvalue weighted by Crippen LogP contribution is 2.32. The topological polar surface area (TPSA) is 58.6 Å². The predicted octanol–water partition coefficient (Wildman–Crippen LogP) is 5.55. The van der Waals surface area contributed by atoms with Gasteiger partial charge in [0.1, 0.15) is 5.75 Å². The number of methoxy groups -OCH3 is 1. The summed E-state index contributed by atoms with van der Waals surface area (Å²) < 4.78 is 5.26. The maximum Gasteiger partial charge on any atom is 0.272 e. The van der Waals surface area contributed by atoms with Crippen molar-refractivity contribution < 1.29 is 14.3 Å². The van der Waals surface area contributed by atoms with Crippen LogP contribution >= 0.6 is 34.8 Å². The van der Waals surface area contributed by atoms with Gasteiger partial charge in [-0.2, -0.15) is 0 Å². The van der Waals surface area contributed by atoms with E-state index in [-0.39, 0.29) is 20.6 Å². The van der Waals surface area contributed by atoms with Gasteiger partial charge in [0.25, 0.3) is 11.8 Å². The Morgan fingerprint density at radius 3 is 2.14 bits per heavy atom. The lowest BCUT2D eigenvalue weighted by atomic mass is 10.1. The molecular weight excluding hydrogens is 423 g/mol. The highest BCUT2D eigenvalue weighted by atomic mass is 35.5. The van der Waals surface area contributed by atoms with Crippen LogP contribution in [0, 0.1) is 6.92 Å². The maximum atomic E-state index is 13.1. The van der Waals surface area contributed by atoms with Crippen molar-refractivity contribution in [2.75, 3.05) is 7.11 Å². The van der Waals surface area contributed by atoms with E-state index in [9.17, 15) is 9.59 Å². The maximum absolute atomic E-state index is 13.1. The molecule has 2 amide bonds. The summed E-state index contributed by atoms with van der Waals surface area (Å²) in [6.45, 7) is 7.16. The first kappa shape index (κ1) is 22.3. The third kappa shape index (κ3) is 4.72. The fourth-order valence-corrected chi connectivity index (χ4v) is 3.17. The Morgan fingerprint density at radius 1 is 1.07 bits per heavy atom. The highest BCUT2D eigenvalue weighted by Gasteiger charge is 2.31. The van der Waals surface area contributed by atoms with Crippen molar-refractivity contribution >= 4 is 46.6 Å². The smallest absolute Gasteiger partial charge is 0.272 e. The van der Waals surface area contributed by atoms with Crippen molar-refractivity contribution in [3.05, 3.63) is 62.1 Å². The second kappa shape index (κ2) is 8.60. The molecule has 0 aliphatic rings. The molecule has 0 radical (unpaired) electrons. The molecule has 0 aliphatic heterocycles. The summed E-state index contributed by atoms with van der Waals surface area (Å²) >= 11 is 18.1. The van der Waals surface area contributed by atoms with Crippen molar-refractivity contribution in [3.8, 4) is 5.75 Å². The van der Waals surface area contributed by atoms with E-state index >= 15 is 0 Å². The van der Waals surface area contributed by atoms with Crippen LogP contribution < -0.4 is 10.2 Å². The summed E-state index contributed by atoms with van der Waals surface area (Å²) in [5.41, 5.74) is 3.23. The van der Waals surface area contributed by atoms with Crippen LogP contribution in [0.15, 0.2) is 30.3 Å². The van der Waals surface area contributed by atoms with Crippen LogP contribution in [0.1, 0.15) is 47.1 Å². The lowest BCUT2D eigenvalue weighted by Crippen LogP contribution is -2.56. The summed E-state index contributed by atoms with van der Waals surface area (Å²) in [6, 6.07) is 7.97. The average molecular weight is 444 g/mol. The lowest BCUT2D eigenvalue weighted by molar-refractivity contribution is 0.0358. The Hall–Kier alpha value is -1.95. The van der Waals surface area contributed by atoms with Gasteiger partial charge in [-0.05, 0) is 52.0 Å². The van der Waals surface area contributed by atoms with Crippen molar-refractivity contribution in [3.63, 3.8) is 0 Å². The van der Waals surface area contributed by atoms with Crippen LogP contribution in [-0.4, -0.2) is 29.5 Å². The van der Waals surface area contributed by atoms with Crippen molar-refractivity contribution in [2.24, 2.45) is 0 Å². The Labute approximate surface area is 179 Å². The minimum absolute atomic E-state index is 0.154. The summed E-state index contributed by atoms with van der Waals surface area (Å²) in [6.07, 6.45) is 0. The van der Waals surface area contributed by atoms with Crippen LogP contribution in [0.4, 0.5) is 0 Å². The summed E-state index contributed by atoms with van der Waals surface area (Å²) in [5.74, 6) is -0.328. The number of nitrogens with zero attached hydrogens (tertiary/aromatic N) is 1. The number of hydrogen-bond donors (Lipinski definition) is 1. The van der Waals surface area contributed by atoms with Gasteiger partial charge in [-0.15, -0.1) is 0 Å². The zero-order chi connectivity index (χ0) is 21.2. The van der Waals surface area contributed by atoms with Crippen LogP contribution in [0.2, 0.25) is 15.1 Å². The monoisotopic (exact) mass is 442 g/mol. The van der Waals surface area contributed by atoms with Gasteiger partial charge in [0, 0.05) is 16.7 Å². The Balaban J connectivity index is 2.40. The average Bonchev–Trinajstić information content (AvgIpc) is 2.62. The molecule has 0 saturated carbocycles. The molecule has 0 saturated heterocycles. The Kier molecular flexibility index (Phi) is 6.86. The summed E-state index contributed by atoms with van der Waals surface area (Å²) in [4.78, 5) is 26.0. The SMILES string of the molecule is COc1cccc(C(=O)NN(C(=O)c2cc(Cl)c(Cl)c(Cl)c2)C(C)(C)C)c1C. The molecule has 5 nitrogen and oxygen atoms in total. The van der Waals surface area contributed by atoms with E-state index in [1.54, 1.807) is 45.9 Å².